The van der Waals surface area contributed by atoms with Crippen LogP contribution in [0.25, 0.3) is 6.08 Å². The molecule has 0 nitrogen and oxygen atoms in total. The molecule has 1 aromatic rings. The van der Waals surface area contributed by atoms with E-state index in [4.69, 9.17) is 0 Å². The number of alkyl halides is 5. The van der Waals surface area contributed by atoms with Crippen LogP contribution in [0.4, 0.5) is 22.0 Å². The van der Waals surface area contributed by atoms with Gasteiger partial charge in [0.25, 0.3) is 0 Å². The molecule has 0 aromatic heterocycles. The normalized spacial score (nSPS) is 12.6. The molecule has 0 aliphatic carbocycles. The van der Waals surface area contributed by atoms with Crippen LogP contribution in [0.5, 0.6) is 0 Å². The Morgan fingerprint density at radius 3 is 2.25 bits per heavy atom. The molecule has 0 aliphatic heterocycles. The summed E-state index contributed by atoms with van der Waals surface area (Å²) in [6.45, 7) is 3.41. The third kappa shape index (κ3) is 2.81. The molecule has 1 aromatic carbocycles. The molecular formula is C11H9F5. The summed E-state index contributed by atoms with van der Waals surface area (Å²) in [6, 6.07) is 5.47. The van der Waals surface area contributed by atoms with Crippen molar-refractivity contribution in [3.05, 3.63) is 42.0 Å². The van der Waals surface area contributed by atoms with Crippen molar-refractivity contribution in [3.8, 4) is 0 Å². The second-order valence-corrected chi connectivity index (χ2v) is 3.33. The van der Waals surface area contributed by atoms with Crippen LogP contribution >= 0.6 is 0 Å². The lowest BCUT2D eigenvalue weighted by molar-refractivity contribution is -0.281. The summed E-state index contributed by atoms with van der Waals surface area (Å²) in [5, 5.41) is 0. The molecule has 0 saturated carbocycles. The summed E-state index contributed by atoms with van der Waals surface area (Å²) < 4.78 is 61.2. The highest BCUT2D eigenvalue weighted by Gasteiger charge is 2.56. The Hall–Kier alpha value is -1.39. The summed E-state index contributed by atoms with van der Waals surface area (Å²) in [5.41, 5.74) is 0.440. The summed E-state index contributed by atoms with van der Waals surface area (Å²) >= 11 is 0. The van der Waals surface area contributed by atoms with E-state index in [1.165, 1.54) is 24.3 Å². The minimum Gasteiger partial charge on any atom is -0.196 e. The van der Waals surface area contributed by atoms with Crippen LogP contribution in [0.2, 0.25) is 0 Å². The summed E-state index contributed by atoms with van der Waals surface area (Å²) in [4.78, 5) is 0. The second-order valence-electron chi connectivity index (χ2n) is 3.33. The van der Waals surface area contributed by atoms with Crippen molar-refractivity contribution < 1.29 is 22.0 Å². The first-order valence-electron chi connectivity index (χ1n) is 4.42. The van der Waals surface area contributed by atoms with Gasteiger partial charge >= 0.3 is 12.1 Å². The van der Waals surface area contributed by atoms with Crippen LogP contribution < -0.4 is 0 Å². The molecule has 88 valence electrons. The Balaban J connectivity index is 2.92. The van der Waals surface area contributed by atoms with Gasteiger partial charge in [-0.3, -0.25) is 0 Å². The van der Waals surface area contributed by atoms with E-state index in [2.05, 4.69) is 6.58 Å². The Morgan fingerprint density at radius 1 is 1.12 bits per heavy atom. The lowest BCUT2D eigenvalue weighted by Gasteiger charge is -2.19. The zero-order valence-corrected chi connectivity index (χ0v) is 8.19. The van der Waals surface area contributed by atoms with Crippen molar-refractivity contribution in [2.24, 2.45) is 0 Å². The molecule has 0 atom stereocenters. The summed E-state index contributed by atoms with van der Waals surface area (Å²) in [6.07, 6.45) is -5.48. The fourth-order valence-electron chi connectivity index (χ4n) is 1.19. The van der Waals surface area contributed by atoms with Gasteiger partial charge in [0.2, 0.25) is 0 Å². The van der Waals surface area contributed by atoms with Gasteiger partial charge in [0.05, 0.1) is 0 Å². The van der Waals surface area contributed by atoms with E-state index in [0.717, 1.165) is 0 Å². The van der Waals surface area contributed by atoms with Crippen LogP contribution in [0.3, 0.4) is 0 Å². The molecule has 0 saturated heterocycles. The second kappa shape index (κ2) is 4.23. The average Bonchev–Trinajstić information content (AvgIpc) is 2.15. The number of hydrogen-bond acceptors (Lipinski definition) is 0. The summed E-state index contributed by atoms with van der Waals surface area (Å²) in [5.74, 6) is -4.70. The minimum absolute atomic E-state index is 0.0697. The highest BCUT2D eigenvalue weighted by molar-refractivity contribution is 5.48. The first-order valence-corrected chi connectivity index (χ1v) is 4.42. The molecule has 5 heteroatoms. The zero-order valence-electron chi connectivity index (χ0n) is 8.19. The van der Waals surface area contributed by atoms with Crippen molar-refractivity contribution in [3.63, 3.8) is 0 Å². The Morgan fingerprint density at radius 2 is 1.75 bits per heavy atom. The van der Waals surface area contributed by atoms with Crippen LogP contribution in [-0.2, 0) is 6.42 Å². The van der Waals surface area contributed by atoms with Gasteiger partial charge < -0.3 is 0 Å². The van der Waals surface area contributed by atoms with E-state index in [0.29, 0.717) is 5.56 Å². The largest absolute Gasteiger partial charge is 0.453 e. The standard InChI is InChI=1S/C11H9F5/c1-2-8-4-3-5-9(6-8)7-10(12,13)11(14,15)16/h2-6H,1,7H2. The van der Waals surface area contributed by atoms with Gasteiger partial charge in [0.1, 0.15) is 0 Å². The Bertz CT molecular complexity index is 378. The molecule has 0 amide bonds. The maximum absolute atomic E-state index is 12.7. The molecule has 0 fully saturated rings. The third-order valence-electron chi connectivity index (χ3n) is 2.03. The molecular weight excluding hydrogens is 227 g/mol. The predicted octanol–water partition coefficient (Wildman–Crippen LogP) is 4.07. The van der Waals surface area contributed by atoms with Gasteiger partial charge in [-0.25, -0.2) is 0 Å². The Kier molecular flexibility index (Phi) is 3.35. The molecule has 0 unspecified atom stereocenters. The fourth-order valence-corrected chi connectivity index (χ4v) is 1.19. The van der Waals surface area contributed by atoms with E-state index >= 15 is 0 Å². The highest BCUT2D eigenvalue weighted by Crippen LogP contribution is 2.38. The van der Waals surface area contributed by atoms with E-state index in [1.807, 2.05) is 0 Å². The molecule has 0 spiro atoms. The maximum Gasteiger partial charge on any atom is 0.453 e. The predicted molar refractivity (Wildman–Crippen MR) is 51.2 cm³/mol. The minimum atomic E-state index is -5.52. The van der Waals surface area contributed by atoms with Crippen molar-refractivity contribution in [2.75, 3.05) is 0 Å². The van der Waals surface area contributed by atoms with E-state index < -0.39 is 18.5 Å². The van der Waals surface area contributed by atoms with Crippen LogP contribution in [-0.4, -0.2) is 12.1 Å². The van der Waals surface area contributed by atoms with Gasteiger partial charge in [-0.05, 0) is 11.1 Å². The average molecular weight is 236 g/mol. The molecule has 0 aliphatic rings. The number of hydrogen-bond donors (Lipinski definition) is 0. The van der Waals surface area contributed by atoms with E-state index in [1.54, 1.807) is 6.07 Å². The fraction of sp³-hybridized carbons (Fsp3) is 0.273. The molecule has 0 bridgehead atoms. The first-order chi connectivity index (χ1) is 7.26. The highest BCUT2D eigenvalue weighted by atomic mass is 19.4. The lowest BCUT2D eigenvalue weighted by atomic mass is 10.0. The van der Waals surface area contributed by atoms with E-state index in [9.17, 15) is 22.0 Å². The molecule has 0 heterocycles. The zero-order chi connectivity index (χ0) is 12.4. The molecule has 1 rings (SSSR count). The molecule has 16 heavy (non-hydrogen) atoms. The van der Waals surface area contributed by atoms with Crippen molar-refractivity contribution in [2.45, 2.75) is 18.5 Å². The monoisotopic (exact) mass is 236 g/mol. The smallest absolute Gasteiger partial charge is 0.196 e. The van der Waals surface area contributed by atoms with Gasteiger partial charge in [0.15, 0.2) is 0 Å². The van der Waals surface area contributed by atoms with Gasteiger partial charge in [-0.2, -0.15) is 22.0 Å². The number of halogens is 5. The number of benzene rings is 1. The maximum atomic E-state index is 12.7. The first kappa shape index (κ1) is 12.7. The molecule has 0 N–H and O–H groups in total. The van der Waals surface area contributed by atoms with Gasteiger partial charge in [-0.1, -0.05) is 36.9 Å². The molecule has 0 radical (unpaired) electrons. The van der Waals surface area contributed by atoms with Crippen LogP contribution in [0.15, 0.2) is 30.8 Å². The summed E-state index contributed by atoms with van der Waals surface area (Å²) in [7, 11) is 0. The van der Waals surface area contributed by atoms with Crippen molar-refractivity contribution in [1.29, 1.82) is 0 Å². The lowest BCUT2D eigenvalue weighted by Crippen LogP contribution is -2.38. The van der Waals surface area contributed by atoms with Crippen LogP contribution in [0, 0.1) is 0 Å². The SMILES string of the molecule is C=Cc1cccc(CC(F)(F)C(F)(F)F)c1. The Labute approximate surface area is 89.4 Å². The third-order valence-corrected chi connectivity index (χ3v) is 2.03. The number of rotatable bonds is 3. The van der Waals surface area contributed by atoms with Crippen molar-refractivity contribution >= 4 is 6.08 Å². The van der Waals surface area contributed by atoms with Gasteiger partial charge in [0, 0.05) is 6.42 Å². The topological polar surface area (TPSA) is 0 Å². The van der Waals surface area contributed by atoms with E-state index in [-0.39, 0.29) is 5.56 Å². The van der Waals surface area contributed by atoms with Crippen LogP contribution in [0.1, 0.15) is 11.1 Å². The van der Waals surface area contributed by atoms with Gasteiger partial charge in [-0.15, -0.1) is 0 Å². The van der Waals surface area contributed by atoms with Crippen molar-refractivity contribution in [1.82, 2.24) is 0 Å². The quantitative estimate of drug-likeness (QED) is 0.694.